The minimum absolute atomic E-state index is 0.0204. The second-order valence-corrected chi connectivity index (χ2v) is 6.95. The van der Waals surface area contributed by atoms with Crippen LogP contribution in [0.3, 0.4) is 0 Å². The van der Waals surface area contributed by atoms with E-state index in [-0.39, 0.29) is 27.9 Å². The predicted octanol–water partition coefficient (Wildman–Crippen LogP) is 5.04. The SMILES string of the molecule is CCCOc1c(Cl)cc(/C=C2/N=C(c3cc([N+](=O)[O-])ccc3Cl)OC2=O)cc1OC. The van der Waals surface area contributed by atoms with E-state index in [9.17, 15) is 14.9 Å². The van der Waals surface area contributed by atoms with E-state index in [0.29, 0.717) is 28.7 Å². The summed E-state index contributed by atoms with van der Waals surface area (Å²) in [5, 5.41) is 11.5. The maximum Gasteiger partial charge on any atom is 0.363 e. The quantitative estimate of drug-likeness (QED) is 0.253. The summed E-state index contributed by atoms with van der Waals surface area (Å²) in [7, 11) is 1.48. The second-order valence-electron chi connectivity index (χ2n) is 6.14. The fourth-order valence-corrected chi connectivity index (χ4v) is 3.11. The van der Waals surface area contributed by atoms with Crippen LogP contribution in [0, 0.1) is 10.1 Å². The number of nitrogens with zero attached hydrogens (tertiary/aromatic N) is 2. The summed E-state index contributed by atoms with van der Waals surface area (Å²) in [4.78, 5) is 26.8. The van der Waals surface area contributed by atoms with Crippen LogP contribution in [0.2, 0.25) is 10.0 Å². The summed E-state index contributed by atoms with van der Waals surface area (Å²) >= 11 is 12.4. The van der Waals surface area contributed by atoms with Crippen molar-refractivity contribution >= 4 is 46.8 Å². The third-order valence-electron chi connectivity index (χ3n) is 4.02. The third-order valence-corrected chi connectivity index (χ3v) is 4.63. The standard InChI is InChI=1S/C20H16Cl2N2O6/c1-3-6-29-18-15(22)7-11(9-17(18)28-2)8-16-20(25)30-19(23-16)13-10-12(24(26)27)4-5-14(13)21/h4-5,7-10H,3,6H2,1-2H3/b16-8+. The van der Waals surface area contributed by atoms with Gasteiger partial charge in [0.15, 0.2) is 17.2 Å². The number of esters is 1. The van der Waals surface area contributed by atoms with Crippen molar-refractivity contribution < 1.29 is 23.9 Å². The number of nitro benzene ring substituents is 1. The molecule has 2 aromatic rings. The highest BCUT2D eigenvalue weighted by molar-refractivity contribution is 6.34. The predicted molar refractivity (Wildman–Crippen MR) is 113 cm³/mol. The van der Waals surface area contributed by atoms with Crippen molar-refractivity contribution in [2.24, 2.45) is 4.99 Å². The molecule has 1 heterocycles. The fourth-order valence-electron chi connectivity index (χ4n) is 2.64. The topological polar surface area (TPSA) is 100 Å². The Labute approximate surface area is 181 Å². The van der Waals surface area contributed by atoms with Gasteiger partial charge >= 0.3 is 5.97 Å². The number of nitro groups is 1. The molecule has 156 valence electrons. The number of cyclic esters (lactones) is 1. The number of benzene rings is 2. The molecule has 10 heteroatoms. The van der Waals surface area contributed by atoms with Gasteiger partial charge in [0.25, 0.3) is 5.69 Å². The zero-order valence-corrected chi connectivity index (χ0v) is 17.5. The second kappa shape index (κ2) is 9.15. The molecule has 0 saturated carbocycles. The Hall–Kier alpha value is -3.10. The van der Waals surface area contributed by atoms with Gasteiger partial charge in [-0.05, 0) is 36.3 Å². The minimum atomic E-state index is -0.728. The lowest BCUT2D eigenvalue weighted by Crippen LogP contribution is -2.06. The first-order valence-electron chi connectivity index (χ1n) is 8.81. The molecule has 0 atom stereocenters. The van der Waals surface area contributed by atoms with Gasteiger partial charge in [-0.25, -0.2) is 9.79 Å². The fraction of sp³-hybridized carbons (Fsp3) is 0.200. The van der Waals surface area contributed by atoms with Crippen LogP contribution in [-0.2, 0) is 9.53 Å². The number of carbonyl (C=O) groups excluding carboxylic acids is 1. The summed E-state index contributed by atoms with van der Waals surface area (Å²) in [6.07, 6.45) is 2.26. The van der Waals surface area contributed by atoms with Crippen molar-refractivity contribution in [2.75, 3.05) is 13.7 Å². The van der Waals surface area contributed by atoms with Crippen LogP contribution in [0.25, 0.3) is 6.08 Å². The number of methoxy groups -OCH3 is 1. The molecule has 0 N–H and O–H groups in total. The van der Waals surface area contributed by atoms with Crippen LogP contribution >= 0.6 is 23.2 Å². The molecule has 0 spiro atoms. The molecule has 0 aliphatic carbocycles. The van der Waals surface area contributed by atoms with Crippen molar-refractivity contribution in [3.8, 4) is 11.5 Å². The summed E-state index contributed by atoms with van der Waals surface area (Å²) in [5.74, 6) is -0.0419. The molecule has 30 heavy (non-hydrogen) atoms. The first-order valence-corrected chi connectivity index (χ1v) is 9.56. The number of ether oxygens (including phenoxy) is 3. The molecular formula is C20H16Cl2N2O6. The largest absolute Gasteiger partial charge is 0.493 e. The lowest BCUT2D eigenvalue weighted by atomic mass is 10.1. The monoisotopic (exact) mass is 450 g/mol. The smallest absolute Gasteiger partial charge is 0.363 e. The molecule has 3 rings (SSSR count). The zero-order valence-electron chi connectivity index (χ0n) is 16.0. The average molecular weight is 451 g/mol. The Bertz CT molecular complexity index is 1080. The van der Waals surface area contributed by atoms with E-state index in [0.717, 1.165) is 6.42 Å². The maximum atomic E-state index is 12.3. The number of rotatable bonds is 7. The molecule has 0 bridgehead atoms. The van der Waals surface area contributed by atoms with E-state index in [2.05, 4.69) is 4.99 Å². The summed E-state index contributed by atoms with van der Waals surface area (Å²) in [5.41, 5.74) is 0.446. The number of hydrogen-bond donors (Lipinski definition) is 0. The van der Waals surface area contributed by atoms with E-state index in [1.165, 1.54) is 31.4 Å². The zero-order chi connectivity index (χ0) is 21.8. The van der Waals surface area contributed by atoms with Gasteiger partial charge < -0.3 is 14.2 Å². The lowest BCUT2D eigenvalue weighted by Gasteiger charge is -2.12. The Morgan fingerprint density at radius 3 is 2.67 bits per heavy atom. The molecule has 0 radical (unpaired) electrons. The van der Waals surface area contributed by atoms with Crippen LogP contribution in [-0.4, -0.2) is 30.5 Å². The summed E-state index contributed by atoms with van der Waals surface area (Å²) in [6, 6.07) is 7.02. The average Bonchev–Trinajstić information content (AvgIpc) is 3.07. The van der Waals surface area contributed by atoms with Crippen molar-refractivity contribution in [1.82, 2.24) is 0 Å². The molecule has 0 aromatic heterocycles. The van der Waals surface area contributed by atoms with Crippen LogP contribution in [0.15, 0.2) is 41.0 Å². The van der Waals surface area contributed by atoms with E-state index >= 15 is 0 Å². The van der Waals surface area contributed by atoms with Crippen molar-refractivity contribution in [3.05, 3.63) is 67.3 Å². The molecule has 1 aliphatic heterocycles. The molecule has 0 unspecified atom stereocenters. The highest BCUT2D eigenvalue weighted by Gasteiger charge is 2.27. The van der Waals surface area contributed by atoms with Gasteiger partial charge in [0.2, 0.25) is 5.90 Å². The van der Waals surface area contributed by atoms with Crippen LogP contribution in [0.1, 0.15) is 24.5 Å². The maximum absolute atomic E-state index is 12.3. The van der Waals surface area contributed by atoms with Gasteiger partial charge in [-0.1, -0.05) is 30.1 Å². The van der Waals surface area contributed by atoms with E-state index in [1.807, 2.05) is 6.92 Å². The first kappa shape index (κ1) is 21.6. The Morgan fingerprint density at radius 1 is 1.23 bits per heavy atom. The number of aliphatic imine (C=N–C) groups is 1. The Balaban J connectivity index is 1.98. The molecule has 8 nitrogen and oxygen atoms in total. The van der Waals surface area contributed by atoms with Gasteiger partial charge in [0.05, 0.1) is 34.2 Å². The first-order chi connectivity index (χ1) is 14.3. The van der Waals surface area contributed by atoms with Gasteiger partial charge in [-0.2, -0.15) is 0 Å². The van der Waals surface area contributed by atoms with Crippen LogP contribution < -0.4 is 9.47 Å². The normalized spacial score (nSPS) is 14.5. The van der Waals surface area contributed by atoms with Gasteiger partial charge in [-0.15, -0.1) is 0 Å². The number of halogens is 2. The van der Waals surface area contributed by atoms with Gasteiger partial charge in [-0.3, -0.25) is 10.1 Å². The van der Waals surface area contributed by atoms with Crippen LogP contribution in [0.5, 0.6) is 11.5 Å². The number of hydrogen-bond acceptors (Lipinski definition) is 7. The van der Waals surface area contributed by atoms with Crippen molar-refractivity contribution in [2.45, 2.75) is 13.3 Å². The molecule has 0 amide bonds. The minimum Gasteiger partial charge on any atom is -0.493 e. The molecule has 2 aromatic carbocycles. The molecule has 0 saturated heterocycles. The van der Waals surface area contributed by atoms with Crippen molar-refractivity contribution in [3.63, 3.8) is 0 Å². The van der Waals surface area contributed by atoms with E-state index in [4.69, 9.17) is 37.4 Å². The van der Waals surface area contributed by atoms with E-state index in [1.54, 1.807) is 12.1 Å². The van der Waals surface area contributed by atoms with Crippen LogP contribution in [0.4, 0.5) is 5.69 Å². The third kappa shape index (κ3) is 4.55. The van der Waals surface area contributed by atoms with E-state index < -0.39 is 10.9 Å². The molecular weight excluding hydrogens is 435 g/mol. The highest BCUT2D eigenvalue weighted by atomic mass is 35.5. The highest BCUT2D eigenvalue weighted by Crippen LogP contribution is 2.37. The number of carbonyl (C=O) groups is 1. The Morgan fingerprint density at radius 2 is 2.00 bits per heavy atom. The van der Waals surface area contributed by atoms with Gasteiger partial charge in [0.1, 0.15) is 0 Å². The summed E-state index contributed by atoms with van der Waals surface area (Å²) in [6.45, 7) is 2.44. The molecule has 0 fully saturated rings. The van der Waals surface area contributed by atoms with Gasteiger partial charge in [0, 0.05) is 12.1 Å². The van der Waals surface area contributed by atoms with Crippen molar-refractivity contribution in [1.29, 1.82) is 0 Å². The Kier molecular flexibility index (Phi) is 6.59. The molecule has 1 aliphatic rings. The summed E-state index contributed by atoms with van der Waals surface area (Å²) < 4.78 is 16.1. The lowest BCUT2D eigenvalue weighted by molar-refractivity contribution is -0.384. The number of non-ortho nitro benzene ring substituents is 1.